The van der Waals surface area contributed by atoms with Crippen molar-refractivity contribution >= 4 is 11.9 Å². The molecule has 5 heteroatoms. The lowest BCUT2D eigenvalue weighted by Crippen LogP contribution is -2.56. The van der Waals surface area contributed by atoms with Crippen LogP contribution in [0.2, 0.25) is 0 Å². The minimum atomic E-state index is -1.05. The van der Waals surface area contributed by atoms with Gasteiger partial charge in [0.1, 0.15) is 5.54 Å². The summed E-state index contributed by atoms with van der Waals surface area (Å²) in [5.41, 5.74) is -1.05. The lowest BCUT2D eigenvalue weighted by atomic mass is 9.77. The molecule has 1 atom stereocenters. The molecule has 0 aromatic carbocycles. The van der Waals surface area contributed by atoms with Crippen LogP contribution in [-0.4, -0.2) is 35.1 Å². The molecule has 0 bridgehead atoms. The van der Waals surface area contributed by atoms with Gasteiger partial charge in [-0.1, -0.05) is 13.8 Å². The molecule has 0 radical (unpaired) electrons. The molecule has 0 spiro atoms. The van der Waals surface area contributed by atoms with Gasteiger partial charge in [0.15, 0.2) is 0 Å². The van der Waals surface area contributed by atoms with Crippen molar-refractivity contribution in [2.24, 2.45) is 5.92 Å². The lowest BCUT2D eigenvalue weighted by molar-refractivity contribution is -0.149. The Morgan fingerprint density at radius 3 is 2.42 bits per heavy atom. The third-order valence-electron chi connectivity index (χ3n) is 3.96. The van der Waals surface area contributed by atoms with Gasteiger partial charge in [-0.15, -0.1) is 0 Å². The van der Waals surface area contributed by atoms with Crippen molar-refractivity contribution in [1.29, 1.82) is 0 Å². The van der Waals surface area contributed by atoms with Crippen molar-refractivity contribution in [1.82, 2.24) is 10.6 Å². The first-order valence-electron chi connectivity index (χ1n) is 7.17. The van der Waals surface area contributed by atoms with Crippen molar-refractivity contribution in [2.45, 2.75) is 64.5 Å². The van der Waals surface area contributed by atoms with E-state index < -0.39 is 11.5 Å². The van der Waals surface area contributed by atoms with Crippen LogP contribution in [0.4, 0.5) is 0 Å². The van der Waals surface area contributed by atoms with Gasteiger partial charge < -0.3 is 15.7 Å². The van der Waals surface area contributed by atoms with Gasteiger partial charge in [-0.3, -0.25) is 4.79 Å². The first-order valence-corrected chi connectivity index (χ1v) is 7.17. The van der Waals surface area contributed by atoms with E-state index in [1.165, 1.54) is 0 Å². The van der Waals surface area contributed by atoms with Crippen LogP contribution < -0.4 is 10.6 Å². The van der Waals surface area contributed by atoms with Gasteiger partial charge in [-0.2, -0.15) is 0 Å². The Balaban J connectivity index is 2.59. The molecular weight excluding hydrogens is 244 g/mol. The number of nitrogens with one attached hydrogen (secondary N) is 2. The second kappa shape index (κ2) is 6.89. The number of carbonyl (C=O) groups excluding carboxylic acids is 1. The molecule has 110 valence electrons. The second-order valence-corrected chi connectivity index (χ2v) is 5.78. The molecule has 0 aromatic rings. The standard InChI is InChI=1S/C14H26N2O3/c1-4-15-11(3)9-12(17)16-14(13(18)19)7-5-10(2)6-8-14/h10-11,15H,4-9H2,1-3H3,(H,16,17)(H,18,19). The zero-order valence-corrected chi connectivity index (χ0v) is 12.2. The molecule has 3 N–H and O–H groups in total. The maximum atomic E-state index is 12.0. The van der Waals surface area contributed by atoms with Gasteiger partial charge in [-0.05, 0) is 45.1 Å². The fraction of sp³-hybridized carbons (Fsp3) is 0.857. The van der Waals surface area contributed by atoms with Crippen LogP contribution in [0.1, 0.15) is 52.9 Å². The normalized spacial score (nSPS) is 28.7. The SMILES string of the molecule is CCNC(C)CC(=O)NC1(C(=O)O)CCC(C)CC1. The highest BCUT2D eigenvalue weighted by Crippen LogP contribution is 2.32. The van der Waals surface area contributed by atoms with Gasteiger partial charge in [0, 0.05) is 12.5 Å². The molecule has 19 heavy (non-hydrogen) atoms. The van der Waals surface area contributed by atoms with Crippen molar-refractivity contribution in [2.75, 3.05) is 6.54 Å². The Morgan fingerprint density at radius 1 is 1.37 bits per heavy atom. The number of aliphatic carboxylic acids is 1. The third kappa shape index (κ3) is 4.49. The number of amides is 1. The fourth-order valence-corrected chi connectivity index (χ4v) is 2.66. The Hall–Kier alpha value is -1.10. The highest BCUT2D eigenvalue weighted by molar-refractivity contribution is 5.87. The number of hydrogen-bond acceptors (Lipinski definition) is 3. The second-order valence-electron chi connectivity index (χ2n) is 5.78. The highest BCUT2D eigenvalue weighted by atomic mass is 16.4. The number of carbonyl (C=O) groups is 2. The number of carboxylic acids is 1. The average Bonchev–Trinajstić information content (AvgIpc) is 2.32. The molecule has 0 heterocycles. The zero-order valence-electron chi connectivity index (χ0n) is 12.2. The minimum absolute atomic E-state index is 0.0679. The summed E-state index contributed by atoms with van der Waals surface area (Å²) < 4.78 is 0. The largest absolute Gasteiger partial charge is 0.480 e. The first-order chi connectivity index (χ1) is 8.89. The molecule has 1 saturated carbocycles. The molecule has 1 amide bonds. The molecule has 1 rings (SSSR count). The van der Waals surface area contributed by atoms with Crippen molar-refractivity contribution in [3.05, 3.63) is 0 Å². The zero-order chi connectivity index (χ0) is 14.5. The van der Waals surface area contributed by atoms with E-state index in [4.69, 9.17) is 0 Å². The molecule has 1 unspecified atom stereocenters. The first kappa shape index (κ1) is 16.0. The maximum absolute atomic E-state index is 12.0. The van der Waals surface area contributed by atoms with Crippen LogP contribution in [-0.2, 0) is 9.59 Å². The maximum Gasteiger partial charge on any atom is 0.329 e. The van der Waals surface area contributed by atoms with Gasteiger partial charge in [0.25, 0.3) is 0 Å². The van der Waals surface area contributed by atoms with Gasteiger partial charge >= 0.3 is 5.97 Å². The molecule has 0 aliphatic heterocycles. The Bertz CT molecular complexity index is 323. The molecule has 5 nitrogen and oxygen atoms in total. The van der Waals surface area contributed by atoms with Crippen LogP contribution in [0.3, 0.4) is 0 Å². The topological polar surface area (TPSA) is 78.4 Å². The van der Waals surface area contributed by atoms with E-state index in [9.17, 15) is 14.7 Å². The van der Waals surface area contributed by atoms with Gasteiger partial charge in [-0.25, -0.2) is 4.79 Å². The summed E-state index contributed by atoms with van der Waals surface area (Å²) in [5, 5.41) is 15.3. The van der Waals surface area contributed by atoms with Crippen LogP contribution in [0.25, 0.3) is 0 Å². The Kier molecular flexibility index (Phi) is 5.79. The average molecular weight is 270 g/mol. The van der Waals surface area contributed by atoms with Crippen LogP contribution >= 0.6 is 0 Å². The van der Waals surface area contributed by atoms with Crippen molar-refractivity contribution in [3.63, 3.8) is 0 Å². The summed E-state index contributed by atoms with van der Waals surface area (Å²) in [6.07, 6.45) is 3.10. The van der Waals surface area contributed by atoms with Gasteiger partial charge in [0.05, 0.1) is 0 Å². The monoisotopic (exact) mass is 270 g/mol. The summed E-state index contributed by atoms with van der Waals surface area (Å²) in [4.78, 5) is 23.5. The smallest absolute Gasteiger partial charge is 0.329 e. The summed E-state index contributed by atoms with van der Waals surface area (Å²) in [6.45, 7) is 6.84. The summed E-state index contributed by atoms with van der Waals surface area (Å²) in [5.74, 6) is -0.528. The predicted molar refractivity (Wildman–Crippen MR) is 73.9 cm³/mol. The fourth-order valence-electron chi connectivity index (χ4n) is 2.66. The molecule has 0 saturated heterocycles. The van der Waals surface area contributed by atoms with E-state index in [0.29, 0.717) is 25.2 Å². The summed E-state index contributed by atoms with van der Waals surface area (Å²) in [7, 11) is 0. The van der Waals surface area contributed by atoms with E-state index in [1.807, 2.05) is 13.8 Å². The van der Waals surface area contributed by atoms with E-state index in [2.05, 4.69) is 17.6 Å². The van der Waals surface area contributed by atoms with E-state index in [-0.39, 0.29) is 11.9 Å². The number of hydrogen-bond donors (Lipinski definition) is 3. The summed E-state index contributed by atoms with van der Waals surface area (Å²) >= 11 is 0. The van der Waals surface area contributed by atoms with Crippen LogP contribution in [0, 0.1) is 5.92 Å². The van der Waals surface area contributed by atoms with Crippen LogP contribution in [0.15, 0.2) is 0 Å². The summed E-state index contributed by atoms with van der Waals surface area (Å²) in [6, 6.07) is 0.0679. The Labute approximate surface area is 115 Å². The molecule has 1 fully saturated rings. The molecule has 1 aliphatic carbocycles. The van der Waals surface area contributed by atoms with E-state index in [0.717, 1.165) is 19.4 Å². The van der Waals surface area contributed by atoms with Gasteiger partial charge in [0.2, 0.25) is 5.91 Å². The Morgan fingerprint density at radius 2 is 1.95 bits per heavy atom. The molecular formula is C14H26N2O3. The predicted octanol–water partition coefficient (Wildman–Crippen LogP) is 1.52. The third-order valence-corrected chi connectivity index (χ3v) is 3.96. The quantitative estimate of drug-likeness (QED) is 0.684. The minimum Gasteiger partial charge on any atom is -0.480 e. The van der Waals surface area contributed by atoms with E-state index >= 15 is 0 Å². The van der Waals surface area contributed by atoms with Crippen molar-refractivity contribution in [3.8, 4) is 0 Å². The number of rotatable bonds is 6. The van der Waals surface area contributed by atoms with E-state index in [1.54, 1.807) is 0 Å². The molecule has 0 aromatic heterocycles. The van der Waals surface area contributed by atoms with Crippen molar-refractivity contribution < 1.29 is 14.7 Å². The molecule has 1 aliphatic rings. The number of carboxylic acid groups (broad SMARTS) is 1. The van der Waals surface area contributed by atoms with Crippen LogP contribution in [0.5, 0.6) is 0 Å². The highest BCUT2D eigenvalue weighted by Gasteiger charge is 2.42. The lowest BCUT2D eigenvalue weighted by Gasteiger charge is -2.36.